The molecular weight excluding hydrogens is 386 g/mol. The molecular formula is C24H30F2N2O2. The van der Waals surface area contributed by atoms with Crippen molar-refractivity contribution in [2.24, 2.45) is 0 Å². The number of rotatable bonds is 5. The van der Waals surface area contributed by atoms with Gasteiger partial charge in [-0.3, -0.25) is 4.90 Å². The minimum absolute atomic E-state index is 0.0986. The van der Waals surface area contributed by atoms with Crippen LogP contribution in [0.25, 0.3) is 0 Å². The molecule has 0 fully saturated rings. The molecule has 0 saturated heterocycles. The van der Waals surface area contributed by atoms with E-state index < -0.39 is 6.09 Å². The number of ether oxygens (including phenoxy) is 1. The lowest BCUT2D eigenvalue weighted by Crippen LogP contribution is -2.47. The summed E-state index contributed by atoms with van der Waals surface area (Å²) in [5.41, 5.74) is 2.73. The van der Waals surface area contributed by atoms with Crippen LogP contribution in [-0.4, -0.2) is 35.2 Å². The summed E-state index contributed by atoms with van der Waals surface area (Å²) in [5.74, 6) is -0.503. The molecule has 162 valence electrons. The lowest BCUT2D eigenvalue weighted by atomic mass is 9.90. The van der Waals surface area contributed by atoms with Crippen LogP contribution in [0.2, 0.25) is 0 Å². The van der Waals surface area contributed by atoms with Gasteiger partial charge in [0.2, 0.25) is 0 Å². The Morgan fingerprint density at radius 2 is 1.80 bits per heavy atom. The van der Waals surface area contributed by atoms with Crippen LogP contribution >= 0.6 is 0 Å². The summed E-state index contributed by atoms with van der Waals surface area (Å²) >= 11 is 0. The van der Waals surface area contributed by atoms with E-state index in [1.807, 2.05) is 33.8 Å². The maximum atomic E-state index is 13.8. The van der Waals surface area contributed by atoms with Gasteiger partial charge in [0.15, 0.2) is 0 Å². The Morgan fingerprint density at radius 3 is 2.47 bits per heavy atom. The number of alkyl carbamates (subject to hydrolysis) is 1. The zero-order valence-corrected chi connectivity index (χ0v) is 18.0. The number of hydrogen-bond donors (Lipinski definition) is 1. The number of amides is 1. The first-order valence-corrected chi connectivity index (χ1v) is 10.3. The van der Waals surface area contributed by atoms with Crippen LogP contribution in [-0.2, 0) is 24.1 Å². The van der Waals surface area contributed by atoms with Gasteiger partial charge in [-0.05, 0) is 81.5 Å². The largest absolute Gasteiger partial charge is 0.445 e. The molecule has 0 spiro atoms. The molecule has 0 saturated carbocycles. The fourth-order valence-corrected chi connectivity index (χ4v) is 3.86. The molecule has 6 heteroatoms. The van der Waals surface area contributed by atoms with E-state index in [2.05, 4.69) is 10.2 Å². The van der Waals surface area contributed by atoms with Gasteiger partial charge in [0.1, 0.15) is 17.7 Å². The van der Waals surface area contributed by atoms with Gasteiger partial charge < -0.3 is 10.1 Å². The van der Waals surface area contributed by atoms with E-state index in [1.54, 1.807) is 18.2 Å². The lowest BCUT2D eigenvalue weighted by Gasteiger charge is -2.38. The maximum absolute atomic E-state index is 13.8. The van der Waals surface area contributed by atoms with Crippen LogP contribution in [0.1, 0.15) is 44.4 Å². The van der Waals surface area contributed by atoms with E-state index in [1.165, 1.54) is 18.2 Å². The molecule has 3 rings (SSSR count). The highest BCUT2D eigenvalue weighted by Gasteiger charge is 2.29. The normalized spacial score (nSPS) is 17.9. The van der Waals surface area contributed by atoms with Crippen LogP contribution in [0.15, 0.2) is 42.5 Å². The van der Waals surface area contributed by atoms with Crippen molar-refractivity contribution in [2.45, 2.75) is 64.8 Å². The average molecular weight is 417 g/mol. The highest BCUT2D eigenvalue weighted by Crippen LogP contribution is 2.27. The van der Waals surface area contributed by atoms with E-state index in [0.717, 1.165) is 16.7 Å². The monoisotopic (exact) mass is 416 g/mol. The first kappa shape index (κ1) is 22.2. The molecule has 0 radical (unpaired) electrons. The van der Waals surface area contributed by atoms with E-state index in [0.29, 0.717) is 25.9 Å². The third-order valence-electron chi connectivity index (χ3n) is 5.18. The summed E-state index contributed by atoms with van der Waals surface area (Å²) in [6, 6.07) is 11.5. The Kier molecular flexibility index (Phi) is 6.76. The Balaban J connectivity index is 1.73. The summed E-state index contributed by atoms with van der Waals surface area (Å²) < 4.78 is 32.6. The van der Waals surface area contributed by atoms with Crippen LogP contribution in [0, 0.1) is 11.6 Å². The Morgan fingerprint density at radius 1 is 1.13 bits per heavy atom. The molecule has 2 aromatic rings. The third kappa shape index (κ3) is 6.26. The van der Waals surface area contributed by atoms with Crippen molar-refractivity contribution < 1.29 is 18.3 Å². The SMILES string of the molecule is C[C@@H](CN1Cc2ccc(F)cc2C[C@@H]1Cc1ccc(F)cc1)OC(=O)NC(C)(C)C. The molecule has 30 heavy (non-hydrogen) atoms. The number of nitrogens with one attached hydrogen (secondary N) is 1. The van der Waals surface area contributed by atoms with Crippen molar-refractivity contribution in [2.75, 3.05) is 6.54 Å². The number of carbonyl (C=O) groups excluding carboxylic acids is 1. The molecule has 1 amide bonds. The maximum Gasteiger partial charge on any atom is 0.407 e. The lowest BCUT2D eigenvalue weighted by molar-refractivity contribution is 0.0548. The first-order chi connectivity index (χ1) is 14.1. The van der Waals surface area contributed by atoms with E-state index in [9.17, 15) is 13.6 Å². The van der Waals surface area contributed by atoms with E-state index in [-0.39, 0.29) is 29.3 Å². The van der Waals surface area contributed by atoms with Crippen molar-refractivity contribution >= 4 is 6.09 Å². The molecule has 2 aromatic carbocycles. The molecule has 1 aliphatic heterocycles. The quantitative estimate of drug-likeness (QED) is 0.758. The summed E-state index contributed by atoms with van der Waals surface area (Å²) in [4.78, 5) is 14.4. The van der Waals surface area contributed by atoms with Gasteiger partial charge in [0.05, 0.1) is 0 Å². The van der Waals surface area contributed by atoms with Gasteiger partial charge >= 0.3 is 6.09 Å². The smallest absolute Gasteiger partial charge is 0.407 e. The molecule has 0 aliphatic carbocycles. The molecule has 2 atom stereocenters. The number of nitrogens with zero attached hydrogens (tertiary/aromatic N) is 1. The Hall–Kier alpha value is -2.47. The molecule has 1 heterocycles. The molecule has 1 N–H and O–H groups in total. The van der Waals surface area contributed by atoms with E-state index >= 15 is 0 Å². The zero-order chi connectivity index (χ0) is 21.9. The van der Waals surface area contributed by atoms with Crippen molar-refractivity contribution in [3.8, 4) is 0 Å². The second-order valence-corrected chi connectivity index (χ2v) is 9.12. The summed E-state index contributed by atoms with van der Waals surface area (Å²) in [5, 5.41) is 2.81. The first-order valence-electron chi connectivity index (χ1n) is 10.3. The molecule has 0 unspecified atom stereocenters. The molecule has 0 aromatic heterocycles. The fourth-order valence-electron chi connectivity index (χ4n) is 3.86. The predicted octanol–water partition coefficient (Wildman–Crippen LogP) is 4.85. The van der Waals surface area contributed by atoms with Crippen molar-refractivity contribution in [1.29, 1.82) is 0 Å². The van der Waals surface area contributed by atoms with Gasteiger partial charge in [-0.25, -0.2) is 13.6 Å². The van der Waals surface area contributed by atoms with Crippen molar-refractivity contribution in [1.82, 2.24) is 10.2 Å². The highest BCUT2D eigenvalue weighted by atomic mass is 19.1. The van der Waals surface area contributed by atoms with Gasteiger partial charge in [0.25, 0.3) is 0 Å². The summed E-state index contributed by atoms with van der Waals surface area (Å²) in [6.07, 6.45) is 0.636. The number of fused-ring (bicyclic) bond motifs is 1. The Bertz CT molecular complexity index is 878. The van der Waals surface area contributed by atoms with Crippen molar-refractivity contribution in [3.63, 3.8) is 0 Å². The third-order valence-corrected chi connectivity index (χ3v) is 5.18. The van der Waals surface area contributed by atoms with Crippen LogP contribution in [0.3, 0.4) is 0 Å². The number of carbonyl (C=O) groups is 1. The van der Waals surface area contributed by atoms with Crippen molar-refractivity contribution in [3.05, 3.63) is 70.8 Å². The molecule has 0 bridgehead atoms. The average Bonchev–Trinajstić information content (AvgIpc) is 2.62. The van der Waals surface area contributed by atoms with Gasteiger partial charge in [-0.1, -0.05) is 18.2 Å². The standard InChI is InChI=1S/C24H30F2N2O2/c1-16(30-23(29)27-24(2,3)4)14-28-15-18-7-10-21(26)12-19(18)13-22(28)11-17-5-8-20(25)9-6-17/h5-10,12,16,22H,11,13-15H2,1-4H3,(H,27,29)/t16-,22-/m0/s1. The van der Waals surface area contributed by atoms with Crippen LogP contribution < -0.4 is 5.32 Å². The second kappa shape index (κ2) is 9.13. The second-order valence-electron chi connectivity index (χ2n) is 9.12. The Labute approximate surface area is 177 Å². The molecule has 1 aliphatic rings. The topological polar surface area (TPSA) is 41.6 Å². The minimum atomic E-state index is -0.440. The summed E-state index contributed by atoms with van der Waals surface area (Å²) in [6.45, 7) is 8.78. The van der Waals surface area contributed by atoms with Crippen LogP contribution in [0.5, 0.6) is 0 Å². The van der Waals surface area contributed by atoms with Crippen LogP contribution in [0.4, 0.5) is 13.6 Å². The van der Waals surface area contributed by atoms with E-state index in [4.69, 9.17) is 4.74 Å². The predicted molar refractivity (Wildman–Crippen MR) is 113 cm³/mol. The van der Waals surface area contributed by atoms with Gasteiger partial charge in [-0.2, -0.15) is 0 Å². The number of halogens is 2. The number of benzene rings is 2. The van der Waals surface area contributed by atoms with Gasteiger partial charge in [-0.15, -0.1) is 0 Å². The van der Waals surface area contributed by atoms with Gasteiger partial charge in [0, 0.05) is 24.7 Å². The zero-order valence-electron chi connectivity index (χ0n) is 18.0. The summed E-state index contributed by atoms with van der Waals surface area (Å²) in [7, 11) is 0. The highest BCUT2D eigenvalue weighted by molar-refractivity contribution is 5.68. The number of hydrogen-bond acceptors (Lipinski definition) is 3. The molecule has 4 nitrogen and oxygen atoms in total. The minimum Gasteiger partial charge on any atom is -0.445 e. The fraction of sp³-hybridized carbons (Fsp3) is 0.458.